The maximum atomic E-state index is 6.50. The molecule has 3 heterocycles. The zero-order valence-electron chi connectivity index (χ0n) is 26.1. The lowest BCUT2D eigenvalue weighted by molar-refractivity contribution is 0.477. The van der Waals surface area contributed by atoms with Crippen LogP contribution in [0, 0.1) is 0 Å². The fourth-order valence-corrected chi connectivity index (χ4v) is 8.78. The Hall–Kier alpha value is -5.74. The van der Waals surface area contributed by atoms with E-state index in [-0.39, 0.29) is 5.41 Å². The second-order valence-corrected chi connectivity index (χ2v) is 13.6. The standard InChI is InChI=1S/C43H28BN2O/c1-43(2)31-16-6-5-13-26(31)30-23-34-39(44-32-17-10-20-36-42(32)46(34)33-18-7-8-19-35(33)47-36)37(38(30)43)29-15-9-14-27-28-22-21-24-11-3-4-12-25(24)40(28)45-41(27)29/h3-23,45H,1-2H3. The Morgan fingerprint density at radius 1 is 0.617 bits per heavy atom. The number of rotatable bonds is 1. The lowest BCUT2D eigenvalue weighted by Gasteiger charge is -2.40. The second kappa shape index (κ2) is 8.74. The van der Waals surface area contributed by atoms with Gasteiger partial charge < -0.3 is 14.6 Å². The molecule has 0 bridgehead atoms. The molecule has 0 fully saturated rings. The molecule has 1 aromatic heterocycles. The molecule has 0 atom stereocenters. The Bertz CT molecular complexity index is 2680. The minimum absolute atomic E-state index is 0.198. The number of nitrogens with zero attached hydrogens (tertiary/aromatic N) is 1. The third-order valence-electron chi connectivity index (χ3n) is 10.8. The van der Waals surface area contributed by atoms with Crippen molar-refractivity contribution in [1.29, 1.82) is 0 Å². The summed E-state index contributed by atoms with van der Waals surface area (Å²) < 4.78 is 6.50. The first kappa shape index (κ1) is 25.5. The van der Waals surface area contributed by atoms with Gasteiger partial charge in [-0.15, -0.1) is 0 Å². The van der Waals surface area contributed by atoms with Crippen LogP contribution < -0.4 is 20.6 Å². The minimum atomic E-state index is -0.198. The van der Waals surface area contributed by atoms with Crippen molar-refractivity contribution in [2.75, 3.05) is 4.90 Å². The summed E-state index contributed by atoms with van der Waals surface area (Å²) in [5, 5.41) is 5.00. The van der Waals surface area contributed by atoms with Crippen LogP contribution in [0.1, 0.15) is 25.0 Å². The predicted octanol–water partition coefficient (Wildman–Crippen LogP) is 9.99. The fourth-order valence-electron chi connectivity index (χ4n) is 8.78. The van der Waals surface area contributed by atoms with Crippen molar-refractivity contribution in [1.82, 2.24) is 4.98 Å². The molecule has 219 valence electrons. The van der Waals surface area contributed by atoms with Gasteiger partial charge >= 0.3 is 0 Å². The van der Waals surface area contributed by atoms with Crippen LogP contribution in [0.25, 0.3) is 54.8 Å². The molecule has 2 aliphatic heterocycles. The van der Waals surface area contributed by atoms with E-state index in [1.165, 1.54) is 77.1 Å². The highest BCUT2D eigenvalue weighted by Crippen LogP contribution is 2.57. The zero-order chi connectivity index (χ0) is 31.0. The average molecular weight is 600 g/mol. The van der Waals surface area contributed by atoms with Crippen LogP contribution in [0.3, 0.4) is 0 Å². The monoisotopic (exact) mass is 599 g/mol. The van der Waals surface area contributed by atoms with Gasteiger partial charge in [0.05, 0.1) is 22.4 Å². The summed E-state index contributed by atoms with van der Waals surface area (Å²) in [5.74, 6) is 1.76. The molecule has 3 nitrogen and oxygen atoms in total. The number of H-pyrrole nitrogens is 1. The SMILES string of the molecule is CC1(C)c2ccccc2-c2cc3c(c(-c4cccc5c4[nH]c4c6ccccc6ccc54)c21)[B]c1cccc2c1N3c1ccccc1O2. The molecule has 1 radical (unpaired) electrons. The summed E-state index contributed by atoms with van der Waals surface area (Å²) >= 11 is 0. The Kier molecular flexibility index (Phi) is 4.74. The van der Waals surface area contributed by atoms with Crippen molar-refractivity contribution in [3.05, 3.63) is 139 Å². The number of anilines is 3. The topological polar surface area (TPSA) is 28.3 Å². The molecule has 1 N–H and O–H groups in total. The van der Waals surface area contributed by atoms with E-state index < -0.39 is 0 Å². The Balaban J connectivity index is 1.30. The smallest absolute Gasteiger partial charge is 0.198 e. The van der Waals surface area contributed by atoms with E-state index >= 15 is 0 Å². The fraction of sp³-hybridized carbons (Fsp3) is 0.0698. The molecule has 3 aliphatic rings. The van der Waals surface area contributed by atoms with Crippen LogP contribution in [0.2, 0.25) is 0 Å². The van der Waals surface area contributed by atoms with E-state index in [0.717, 1.165) is 28.3 Å². The molecule has 0 unspecified atom stereocenters. The van der Waals surface area contributed by atoms with E-state index in [1.807, 2.05) is 0 Å². The first-order valence-electron chi connectivity index (χ1n) is 16.4. The first-order valence-corrected chi connectivity index (χ1v) is 16.4. The summed E-state index contributed by atoms with van der Waals surface area (Å²) in [6.07, 6.45) is 0. The van der Waals surface area contributed by atoms with Crippen LogP contribution >= 0.6 is 0 Å². The minimum Gasteiger partial charge on any atom is -0.453 e. The number of nitrogens with one attached hydrogen (secondary N) is 1. The van der Waals surface area contributed by atoms with Crippen LogP contribution in [-0.4, -0.2) is 12.3 Å². The van der Waals surface area contributed by atoms with Gasteiger partial charge in [0, 0.05) is 32.8 Å². The van der Waals surface area contributed by atoms with Gasteiger partial charge in [0.1, 0.15) is 0 Å². The van der Waals surface area contributed by atoms with E-state index in [4.69, 9.17) is 4.74 Å². The van der Waals surface area contributed by atoms with Crippen molar-refractivity contribution >= 4 is 67.8 Å². The quantitative estimate of drug-likeness (QED) is 0.190. The molecular formula is C43H28BN2O. The number of para-hydroxylation sites is 4. The molecule has 4 heteroatoms. The number of aromatic amines is 1. The Morgan fingerprint density at radius 2 is 1.36 bits per heavy atom. The van der Waals surface area contributed by atoms with Gasteiger partial charge in [-0.3, -0.25) is 0 Å². The Morgan fingerprint density at radius 3 is 2.32 bits per heavy atom. The van der Waals surface area contributed by atoms with Crippen molar-refractivity contribution in [2.45, 2.75) is 19.3 Å². The molecule has 7 aromatic carbocycles. The highest BCUT2D eigenvalue weighted by molar-refractivity contribution is 6.73. The molecular weight excluding hydrogens is 571 g/mol. The first-order chi connectivity index (χ1) is 23.1. The molecule has 0 amide bonds. The van der Waals surface area contributed by atoms with Gasteiger partial charge in [-0.2, -0.15) is 0 Å². The van der Waals surface area contributed by atoms with Gasteiger partial charge in [0.2, 0.25) is 0 Å². The number of ether oxygens (including phenoxy) is 1. The van der Waals surface area contributed by atoms with Crippen LogP contribution in [0.5, 0.6) is 11.5 Å². The van der Waals surface area contributed by atoms with E-state index in [2.05, 4.69) is 158 Å². The van der Waals surface area contributed by atoms with Gasteiger partial charge in [-0.05, 0) is 62.9 Å². The van der Waals surface area contributed by atoms with Gasteiger partial charge in [0.25, 0.3) is 0 Å². The maximum absolute atomic E-state index is 6.50. The maximum Gasteiger partial charge on any atom is 0.198 e. The summed E-state index contributed by atoms with van der Waals surface area (Å²) in [7, 11) is 2.40. The lowest BCUT2D eigenvalue weighted by Crippen LogP contribution is -2.43. The second-order valence-electron chi connectivity index (χ2n) is 13.6. The molecule has 11 rings (SSSR count). The number of fused-ring (bicyclic) bond motifs is 12. The van der Waals surface area contributed by atoms with Crippen molar-refractivity contribution in [2.24, 2.45) is 0 Å². The number of benzene rings is 7. The normalized spacial score (nSPS) is 14.6. The van der Waals surface area contributed by atoms with Crippen molar-refractivity contribution in [3.63, 3.8) is 0 Å². The van der Waals surface area contributed by atoms with Crippen LogP contribution in [0.15, 0.2) is 127 Å². The summed E-state index contributed by atoms with van der Waals surface area (Å²) in [5.41, 5.74) is 15.8. The molecule has 0 saturated heterocycles. The summed E-state index contributed by atoms with van der Waals surface area (Å²) in [4.78, 5) is 6.41. The third-order valence-corrected chi connectivity index (χ3v) is 10.8. The molecule has 8 aromatic rings. The lowest BCUT2D eigenvalue weighted by atomic mass is 9.56. The van der Waals surface area contributed by atoms with Crippen LogP contribution in [-0.2, 0) is 5.41 Å². The zero-order valence-corrected chi connectivity index (χ0v) is 26.1. The Labute approximate surface area is 273 Å². The third kappa shape index (κ3) is 3.18. The van der Waals surface area contributed by atoms with E-state index in [0.29, 0.717) is 0 Å². The van der Waals surface area contributed by atoms with Crippen molar-refractivity contribution < 1.29 is 4.74 Å². The van der Waals surface area contributed by atoms with Crippen molar-refractivity contribution in [3.8, 4) is 33.8 Å². The highest BCUT2D eigenvalue weighted by Gasteiger charge is 2.43. The largest absolute Gasteiger partial charge is 0.453 e. The molecule has 47 heavy (non-hydrogen) atoms. The molecule has 0 saturated carbocycles. The van der Waals surface area contributed by atoms with Gasteiger partial charge in [-0.1, -0.05) is 122 Å². The van der Waals surface area contributed by atoms with E-state index in [9.17, 15) is 0 Å². The number of hydrogen-bond donors (Lipinski definition) is 1. The molecule has 0 spiro atoms. The summed E-state index contributed by atoms with van der Waals surface area (Å²) in [6.45, 7) is 4.79. The van der Waals surface area contributed by atoms with Gasteiger partial charge in [-0.25, -0.2) is 0 Å². The predicted molar refractivity (Wildman–Crippen MR) is 196 cm³/mol. The summed E-state index contributed by atoms with van der Waals surface area (Å²) in [6, 6.07) is 46.3. The van der Waals surface area contributed by atoms with Crippen LogP contribution in [0.4, 0.5) is 17.1 Å². The van der Waals surface area contributed by atoms with E-state index in [1.54, 1.807) is 0 Å². The highest BCUT2D eigenvalue weighted by atomic mass is 16.5. The number of hydrogen-bond acceptors (Lipinski definition) is 2. The van der Waals surface area contributed by atoms with Gasteiger partial charge in [0.15, 0.2) is 18.8 Å². The number of aromatic nitrogens is 1. The average Bonchev–Trinajstić information content (AvgIpc) is 3.60. The molecule has 1 aliphatic carbocycles.